The van der Waals surface area contributed by atoms with Gasteiger partial charge in [-0.25, -0.2) is 8.42 Å². The predicted octanol–water partition coefficient (Wildman–Crippen LogP) is 0.0647. The minimum Gasteiger partial charge on any atom is -0.351 e. The number of piperidine rings is 1. The molecule has 5 nitrogen and oxygen atoms in total. The zero-order chi connectivity index (χ0) is 13.2. The summed E-state index contributed by atoms with van der Waals surface area (Å²) in [6.07, 6.45) is 2.96. The van der Waals surface area contributed by atoms with Gasteiger partial charge in [-0.1, -0.05) is 0 Å². The molecule has 0 radical (unpaired) electrons. The summed E-state index contributed by atoms with van der Waals surface area (Å²) in [5.41, 5.74) is 0. The molecule has 1 aliphatic rings. The second-order valence-electron chi connectivity index (χ2n) is 5.02. The molecule has 0 aromatic rings. The van der Waals surface area contributed by atoms with E-state index in [0.717, 1.165) is 19.1 Å². The van der Waals surface area contributed by atoms with Crippen LogP contribution in [0.1, 0.15) is 33.6 Å². The van der Waals surface area contributed by atoms with Crippen molar-refractivity contribution < 1.29 is 13.2 Å². The topological polar surface area (TPSA) is 75.3 Å². The van der Waals surface area contributed by atoms with Crippen LogP contribution in [0.3, 0.4) is 0 Å². The predicted molar refractivity (Wildman–Crippen MR) is 67.5 cm³/mol. The van der Waals surface area contributed by atoms with Crippen LogP contribution in [0.4, 0.5) is 0 Å². The Morgan fingerprint density at radius 3 is 2.41 bits per heavy atom. The van der Waals surface area contributed by atoms with Gasteiger partial charge in [-0.2, -0.15) is 0 Å². The summed E-state index contributed by atoms with van der Waals surface area (Å²) in [7, 11) is -3.31. The minimum absolute atomic E-state index is 0.0166. The number of sulfone groups is 1. The van der Waals surface area contributed by atoms with Crippen molar-refractivity contribution in [1.82, 2.24) is 10.6 Å². The molecule has 0 spiro atoms. The second-order valence-corrected chi connectivity index (χ2v) is 7.39. The molecular formula is C11H22N2O3S. The van der Waals surface area contributed by atoms with Crippen molar-refractivity contribution in [2.75, 3.05) is 6.26 Å². The van der Waals surface area contributed by atoms with Gasteiger partial charge in [-0.05, 0) is 33.6 Å². The Morgan fingerprint density at radius 2 is 1.94 bits per heavy atom. The number of hydrogen-bond acceptors (Lipinski definition) is 4. The average molecular weight is 262 g/mol. The molecule has 1 rings (SSSR count). The van der Waals surface area contributed by atoms with Gasteiger partial charge in [0.05, 0.1) is 0 Å². The van der Waals surface area contributed by atoms with E-state index in [0.29, 0.717) is 6.04 Å². The van der Waals surface area contributed by atoms with Gasteiger partial charge in [0.15, 0.2) is 9.84 Å². The Balaban J connectivity index is 2.58. The first kappa shape index (κ1) is 14.4. The van der Waals surface area contributed by atoms with Gasteiger partial charge in [0.25, 0.3) is 0 Å². The van der Waals surface area contributed by atoms with Crippen molar-refractivity contribution in [3.05, 3.63) is 0 Å². The summed E-state index contributed by atoms with van der Waals surface area (Å²) in [5.74, 6) is -0.402. The lowest BCUT2D eigenvalue weighted by Crippen LogP contribution is -2.56. The summed E-state index contributed by atoms with van der Waals surface area (Å²) in [6, 6.07) is 0.642. The fourth-order valence-electron chi connectivity index (χ4n) is 2.02. The highest BCUT2D eigenvalue weighted by Crippen LogP contribution is 2.13. The lowest BCUT2D eigenvalue weighted by molar-refractivity contribution is -0.121. The first-order chi connectivity index (χ1) is 7.71. The molecule has 1 aliphatic heterocycles. The summed E-state index contributed by atoms with van der Waals surface area (Å²) in [4.78, 5) is 11.8. The third kappa shape index (κ3) is 3.96. The molecule has 1 amide bonds. The normalized spacial score (nSPS) is 31.9. The number of nitrogens with one attached hydrogen (secondary N) is 2. The van der Waals surface area contributed by atoms with Crippen LogP contribution in [-0.4, -0.2) is 44.0 Å². The fraction of sp³-hybridized carbons (Fsp3) is 0.909. The Bertz CT molecular complexity index is 380. The third-order valence-electron chi connectivity index (χ3n) is 3.40. The SMILES string of the molecule is CC1CCC(NC(=O)C(C)S(C)(=O)=O)C(C)N1. The second kappa shape index (κ2) is 5.35. The lowest BCUT2D eigenvalue weighted by Gasteiger charge is -2.35. The molecule has 0 aromatic heterocycles. The smallest absolute Gasteiger partial charge is 0.238 e. The van der Waals surface area contributed by atoms with E-state index < -0.39 is 21.0 Å². The number of carbonyl (C=O) groups is 1. The van der Waals surface area contributed by atoms with Gasteiger partial charge in [-0.3, -0.25) is 4.79 Å². The molecule has 4 atom stereocenters. The zero-order valence-corrected chi connectivity index (χ0v) is 11.7. The highest BCUT2D eigenvalue weighted by atomic mass is 32.2. The van der Waals surface area contributed by atoms with E-state index in [1.807, 2.05) is 6.92 Å². The molecule has 4 unspecified atom stereocenters. The maximum absolute atomic E-state index is 11.8. The van der Waals surface area contributed by atoms with Gasteiger partial charge in [0, 0.05) is 24.4 Å². The van der Waals surface area contributed by atoms with Crippen molar-refractivity contribution in [3.63, 3.8) is 0 Å². The van der Waals surface area contributed by atoms with Crippen LogP contribution >= 0.6 is 0 Å². The molecule has 100 valence electrons. The fourth-order valence-corrected chi connectivity index (χ4v) is 2.48. The van der Waals surface area contributed by atoms with Crippen LogP contribution in [0.25, 0.3) is 0 Å². The largest absolute Gasteiger partial charge is 0.351 e. The Morgan fingerprint density at radius 1 is 1.35 bits per heavy atom. The van der Waals surface area contributed by atoms with Crippen molar-refractivity contribution in [2.45, 2.75) is 57.0 Å². The Labute approximate surface area is 103 Å². The minimum atomic E-state index is -3.31. The molecule has 2 N–H and O–H groups in total. The molecule has 17 heavy (non-hydrogen) atoms. The quantitative estimate of drug-likeness (QED) is 0.754. The van der Waals surface area contributed by atoms with Crippen LogP contribution in [0.15, 0.2) is 0 Å². The zero-order valence-electron chi connectivity index (χ0n) is 10.9. The van der Waals surface area contributed by atoms with Crippen LogP contribution in [0.2, 0.25) is 0 Å². The summed E-state index contributed by atoms with van der Waals surface area (Å²) in [6.45, 7) is 5.54. The van der Waals surface area contributed by atoms with Crippen LogP contribution in [0, 0.1) is 0 Å². The average Bonchev–Trinajstić information content (AvgIpc) is 2.19. The summed E-state index contributed by atoms with van der Waals surface area (Å²) < 4.78 is 22.5. The summed E-state index contributed by atoms with van der Waals surface area (Å²) >= 11 is 0. The number of amides is 1. The molecule has 1 heterocycles. The Kier molecular flexibility index (Phi) is 4.55. The van der Waals surface area contributed by atoms with E-state index in [1.54, 1.807) is 0 Å². The monoisotopic (exact) mass is 262 g/mol. The highest BCUT2D eigenvalue weighted by molar-refractivity contribution is 7.92. The molecule has 0 aromatic carbocycles. The van der Waals surface area contributed by atoms with E-state index >= 15 is 0 Å². The van der Waals surface area contributed by atoms with E-state index in [4.69, 9.17) is 0 Å². The van der Waals surface area contributed by atoms with Gasteiger partial charge in [-0.15, -0.1) is 0 Å². The van der Waals surface area contributed by atoms with Crippen molar-refractivity contribution >= 4 is 15.7 Å². The molecule has 0 aliphatic carbocycles. The molecular weight excluding hydrogens is 240 g/mol. The van der Waals surface area contributed by atoms with E-state index in [2.05, 4.69) is 17.6 Å². The van der Waals surface area contributed by atoms with E-state index in [-0.39, 0.29) is 12.1 Å². The Hall–Kier alpha value is -0.620. The van der Waals surface area contributed by atoms with Gasteiger partial charge >= 0.3 is 0 Å². The van der Waals surface area contributed by atoms with Crippen LogP contribution in [-0.2, 0) is 14.6 Å². The van der Waals surface area contributed by atoms with Gasteiger partial charge in [0.1, 0.15) is 5.25 Å². The molecule has 1 saturated heterocycles. The number of hydrogen-bond donors (Lipinski definition) is 2. The molecule has 6 heteroatoms. The van der Waals surface area contributed by atoms with Gasteiger partial charge < -0.3 is 10.6 Å². The van der Waals surface area contributed by atoms with Crippen LogP contribution in [0.5, 0.6) is 0 Å². The third-order valence-corrected chi connectivity index (χ3v) is 4.90. The van der Waals surface area contributed by atoms with Crippen molar-refractivity contribution in [2.24, 2.45) is 0 Å². The molecule has 1 fully saturated rings. The maximum Gasteiger partial charge on any atom is 0.238 e. The van der Waals surface area contributed by atoms with E-state index in [9.17, 15) is 13.2 Å². The molecule has 0 bridgehead atoms. The molecule has 0 saturated carbocycles. The lowest BCUT2D eigenvalue weighted by atomic mass is 9.95. The van der Waals surface area contributed by atoms with Crippen molar-refractivity contribution in [1.29, 1.82) is 0 Å². The maximum atomic E-state index is 11.8. The first-order valence-electron chi connectivity index (χ1n) is 5.97. The highest BCUT2D eigenvalue weighted by Gasteiger charge is 2.30. The summed E-state index contributed by atoms with van der Waals surface area (Å²) in [5, 5.41) is 5.19. The van der Waals surface area contributed by atoms with Crippen molar-refractivity contribution in [3.8, 4) is 0 Å². The standard InChI is InChI=1S/C11H22N2O3S/c1-7-5-6-10(8(2)12-7)13-11(14)9(3)17(4,15)16/h7-10,12H,5-6H2,1-4H3,(H,13,14). The number of rotatable bonds is 3. The first-order valence-corrected chi connectivity index (χ1v) is 7.92. The number of carbonyl (C=O) groups excluding carboxylic acids is 1. The van der Waals surface area contributed by atoms with Crippen LogP contribution < -0.4 is 10.6 Å². The van der Waals surface area contributed by atoms with E-state index in [1.165, 1.54) is 6.92 Å². The van der Waals surface area contributed by atoms with Gasteiger partial charge in [0.2, 0.25) is 5.91 Å².